The Hall–Kier alpha value is -0.460. The lowest BCUT2D eigenvalue weighted by Crippen LogP contribution is -2.26. The first-order valence-corrected chi connectivity index (χ1v) is 11.9. The van der Waals surface area contributed by atoms with E-state index in [1.54, 1.807) is 0 Å². The van der Waals surface area contributed by atoms with Crippen molar-refractivity contribution in [3.63, 3.8) is 0 Å². The highest BCUT2D eigenvalue weighted by atomic mass is 31.2. The Morgan fingerprint density at radius 3 is 1.63 bits per heavy atom. The van der Waals surface area contributed by atoms with Crippen LogP contribution in [0.5, 0.6) is 0 Å². The summed E-state index contributed by atoms with van der Waals surface area (Å²) in [7, 11) is -0.514. The number of nitrogens with zero attached hydrogens (tertiary/aromatic N) is 1. The molecular formula is C19H43N2O5P. The van der Waals surface area contributed by atoms with Crippen molar-refractivity contribution in [3.05, 3.63) is 0 Å². The van der Waals surface area contributed by atoms with Crippen molar-refractivity contribution in [3.8, 4) is 0 Å². The first kappa shape index (κ1) is 28.7. The number of hydrogen-bond donors (Lipinski definition) is 4. The summed E-state index contributed by atoms with van der Waals surface area (Å²) >= 11 is 0. The van der Waals surface area contributed by atoms with Crippen LogP contribution in [-0.4, -0.2) is 52.7 Å². The number of unbranched alkanes of at least 4 members (excludes halogenated alkanes) is 10. The maximum absolute atomic E-state index is 11.6. The number of nitrogens with one attached hydrogen (secondary N) is 1. The van der Waals surface area contributed by atoms with E-state index in [1.807, 2.05) is 0 Å². The highest BCUT2D eigenvalue weighted by Gasteiger charge is 2.01. The summed E-state index contributed by atoms with van der Waals surface area (Å²) in [5.41, 5.74) is 0. The second kappa shape index (κ2) is 20.3. The smallest absolute Gasteiger partial charge is 0.356 e. The lowest BCUT2D eigenvalue weighted by Gasteiger charge is -2.09. The van der Waals surface area contributed by atoms with E-state index >= 15 is 0 Å². The van der Waals surface area contributed by atoms with Crippen LogP contribution in [0.1, 0.15) is 90.4 Å². The van der Waals surface area contributed by atoms with Gasteiger partial charge in [0.15, 0.2) is 0 Å². The van der Waals surface area contributed by atoms with Gasteiger partial charge < -0.3 is 24.9 Å². The van der Waals surface area contributed by atoms with Crippen LogP contribution < -0.4 is 5.32 Å². The van der Waals surface area contributed by atoms with Gasteiger partial charge in [0.25, 0.3) is 0 Å². The summed E-state index contributed by atoms with van der Waals surface area (Å²) in [6.45, 7) is 4.12. The molecule has 0 heterocycles. The number of carbonyl (C=O) groups is 1. The molecule has 7 nitrogen and oxygen atoms in total. The van der Waals surface area contributed by atoms with Crippen molar-refractivity contribution in [1.29, 1.82) is 0 Å². The van der Waals surface area contributed by atoms with E-state index in [0.717, 1.165) is 25.9 Å². The van der Waals surface area contributed by atoms with E-state index < -0.39 is 7.82 Å². The lowest BCUT2D eigenvalue weighted by atomic mass is 10.1. The van der Waals surface area contributed by atoms with Crippen LogP contribution in [0.25, 0.3) is 0 Å². The predicted molar refractivity (Wildman–Crippen MR) is 112 cm³/mol. The van der Waals surface area contributed by atoms with Gasteiger partial charge in [-0.3, -0.25) is 4.79 Å². The molecule has 0 fully saturated rings. The average Bonchev–Trinajstić information content (AvgIpc) is 2.55. The zero-order valence-corrected chi connectivity index (χ0v) is 18.6. The minimum atomic E-state index is -4.64. The first-order chi connectivity index (χ1) is 12.7. The van der Waals surface area contributed by atoms with Gasteiger partial charge >= 0.3 is 7.82 Å². The Morgan fingerprint density at radius 1 is 0.815 bits per heavy atom. The van der Waals surface area contributed by atoms with Crippen LogP contribution >= 0.6 is 7.82 Å². The van der Waals surface area contributed by atoms with Gasteiger partial charge in [-0.25, -0.2) is 4.57 Å². The van der Waals surface area contributed by atoms with Gasteiger partial charge in [-0.15, -0.1) is 0 Å². The topological polar surface area (TPSA) is 110 Å². The molecule has 164 valence electrons. The molecule has 0 aliphatic rings. The normalized spacial score (nSPS) is 11.2. The fourth-order valence-electron chi connectivity index (χ4n) is 2.66. The maximum atomic E-state index is 11.6. The molecule has 8 heteroatoms. The third-order valence-corrected chi connectivity index (χ3v) is 4.11. The van der Waals surface area contributed by atoms with Crippen molar-refractivity contribution >= 4 is 13.7 Å². The number of carbonyl (C=O) groups excluding carboxylic acids is 1. The number of phosphoric acid groups is 1. The van der Waals surface area contributed by atoms with E-state index in [0.29, 0.717) is 6.42 Å². The molecule has 0 rings (SSSR count). The first-order valence-electron chi connectivity index (χ1n) is 10.4. The molecule has 4 N–H and O–H groups in total. The summed E-state index contributed by atoms with van der Waals surface area (Å²) in [4.78, 5) is 35.3. The molecule has 27 heavy (non-hydrogen) atoms. The van der Waals surface area contributed by atoms with Crippen molar-refractivity contribution < 1.29 is 24.0 Å². The fourth-order valence-corrected chi connectivity index (χ4v) is 2.66. The molecule has 0 bridgehead atoms. The second-order valence-corrected chi connectivity index (χ2v) is 8.33. The molecule has 0 unspecified atom stereocenters. The monoisotopic (exact) mass is 410 g/mol. The molecule has 0 aliphatic carbocycles. The van der Waals surface area contributed by atoms with Crippen LogP contribution in [0.15, 0.2) is 0 Å². The van der Waals surface area contributed by atoms with Crippen molar-refractivity contribution in [2.24, 2.45) is 0 Å². The Kier molecular flexibility index (Phi) is 21.6. The number of hydrogen-bond acceptors (Lipinski definition) is 3. The van der Waals surface area contributed by atoms with Crippen molar-refractivity contribution in [2.45, 2.75) is 90.4 Å². The molecule has 0 aromatic rings. The fraction of sp³-hybridized carbons (Fsp3) is 0.947. The number of rotatable bonds is 16. The quantitative estimate of drug-likeness (QED) is 0.227. The largest absolute Gasteiger partial charge is 0.466 e. The molecular weight excluding hydrogens is 367 g/mol. The van der Waals surface area contributed by atoms with E-state index in [-0.39, 0.29) is 5.91 Å². The summed E-state index contributed by atoms with van der Waals surface area (Å²) in [5, 5.41) is 3.01. The van der Waals surface area contributed by atoms with Gasteiger partial charge in [0, 0.05) is 13.0 Å². The van der Waals surface area contributed by atoms with Crippen LogP contribution in [0, 0.1) is 0 Å². The van der Waals surface area contributed by atoms with Gasteiger partial charge in [0.05, 0.1) is 0 Å². The van der Waals surface area contributed by atoms with Gasteiger partial charge in [-0.1, -0.05) is 71.1 Å². The van der Waals surface area contributed by atoms with Crippen LogP contribution in [-0.2, 0) is 9.36 Å². The minimum Gasteiger partial charge on any atom is -0.356 e. The molecule has 0 radical (unpaired) electrons. The molecule has 0 spiro atoms. The maximum Gasteiger partial charge on any atom is 0.466 e. The standard InChI is InChI=1S/C19H40N2O.H3O4P/c1-4-5-6-7-8-9-10-11-12-13-14-16-19(22)20-17-15-18-21(2)3;1-5(2,3)4/h4-18H2,1-3H3,(H,20,22);(H3,1,2,3,4). The van der Waals surface area contributed by atoms with Gasteiger partial charge in [-0.2, -0.15) is 0 Å². The van der Waals surface area contributed by atoms with Crippen molar-refractivity contribution in [1.82, 2.24) is 10.2 Å². The molecule has 0 aliphatic heterocycles. The van der Waals surface area contributed by atoms with Crippen LogP contribution in [0.4, 0.5) is 0 Å². The van der Waals surface area contributed by atoms with Gasteiger partial charge in [-0.05, 0) is 33.5 Å². The SMILES string of the molecule is CCCCCCCCCCCCCC(=O)NCCCN(C)C.O=P(O)(O)O. The molecule has 0 aromatic carbocycles. The van der Waals surface area contributed by atoms with Crippen LogP contribution in [0.2, 0.25) is 0 Å². The lowest BCUT2D eigenvalue weighted by molar-refractivity contribution is -0.121. The summed E-state index contributed by atoms with van der Waals surface area (Å²) < 4.78 is 8.88. The third-order valence-electron chi connectivity index (χ3n) is 4.11. The Labute approximate surface area is 166 Å². The zero-order valence-electron chi connectivity index (χ0n) is 17.7. The van der Waals surface area contributed by atoms with E-state index in [2.05, 4.69) is 31.2 Å². The Bertz CT molecular complexity index is 367. The molecule has 0 saturated heterocycles. The molecule has 1 amide bonds. The van der Waals surface area contributed by atoms with Gasteiger partial charge in [0.1, 0.15) is 0 Å². The Balaban J connectivity index is 0. The van der Waals surface area contributed by atoms with Crippen molar-refractivity contribution in [2.75, 3.05) is 27.2 Å². The van der Waals surface area contributed by atoms with Crippen LogP contribution in [0.3, 0.4) is 0 Å². The van der Waals surface area contributed by atoms with E-state index in [4.69, 9.17) is 19.2 Å². The molecule has 0 aromatic heterocycles. The summed E-state index contributed by atoms with van der Waals surface area (Å²) in [5.74, 6) is 0.231. The summed E-state index contributed by atoms with van der Waals surface area (Å²) in [6.07, 6.45) is 16.4. The predicted octanol–water partition coefficient (Wildman–Crippen LogP) is 3.83. The number of amides is 1. The zero-order chi connectivity index (χ0) is 21.0. The highest BCUT2D eigenvalue weighted by molar-refractivity contribution is 7.45. The highest BCUT2D eigenvalue weighted by Crippen LogP contribution is 2.25. The third kappa shape index (κ3) is 37.1. The average molecular weight is 411 g/mol. The van der Waals surface area contributed by atoms with E-state index in [1.165, 1.54) is 64.2 Å². The van der Waals surface area contributed by atoms with Gasteiger partial charge in [0.2, 0.25) is 5.91 Å². The molecule has 0 atom stereocenters. The minimum absolute atomic E-state index is 0.231. The Morgan fingerprint density at radius 2 is 1.22 bits per heavy atom. The second-order valence-electron chi connectivity index (χ2n) is 7.31. The summed E-state index contributed by atoms with van der Waals surface area (Å²) in [6, 6.07) is 0. The van der Waals surface area contributed by atoms with E-state index in [9.17, 15) is 4.79 Å². The molecule has 0 saturated carbocycles.